The highest BCUT2D eigenvalue weighted by Gasteiger charge is 2.22. The molecule has 6 rings (SSSR count). The van der Waals surface area contributed by atoms with Crippen molar-refractivity contribution in [2.75, 3.05) is 0 Å². The van der Waals surface area contributed by atoms with Crippen LogP contribution in [0.25, 0.3) is 42.0 Å². The molecule has 1 saturated carbocycles. The van der Waals surface area contributed by atoms with E-state index in [1.165, 1.54) is 74.1 Å². The Balaban J connectivity index is 1.83. The molecule has 2 aromatic heterocycles. The Labute approximate surface area is 163 Å². The van der Waals surface area contributed by atoms with Gasteiger partial charge in [0.25, 0.3) is 0 Å². The molecule has 2 heterocycles. The lowest BCUT2D eigenvalue weighted by molar-refractivity contribution is 0.445. The predicted octanol–water partition coefficient (Wildman–Crippen LogP) is 7.75. The van der Waals surface area contributed by atoms with Gasteiger partial charge in [-0.05, 0) is 48.6 Å². The summed E-state index contributed by atoms with van der Waals surface area (Å²) in [4.78, 5) is 0. The van der Waals surface area contributed by atoms with Crippen LogP contribution in [-0.4, -0.2) is 4.57 Å². The van der Waals surface area contributed by atoms with Gasteiger partial charge in [0.05, 0.1) is 0 Å². The van der Waals surface area contributed by atoms with E-state index in [0.29, 0.717) is 5.92 Å². The second-order valence-electron chi connectivity index (χ2n) is 8.07. The highest BCUT2D eigenvalue weighted by molar-refractivity contribution is 7.26. The number of fused-ring (bicyclic) bond motifs is 7. The standard InChI is InChI=1S/C25H23NS/c1-26-19-12-7-11-17(16-8-3-2-4-9-16)23(19)25-20(26)14-15-22-24(25)18-10-5-6-13-21(18)27-22/h5-7,10-16H,2-4,8-9H2,1H3. The van der Waals surface area contributed by atoms with Gasteiger partial charge in [0, 0.05) is 49.0 Å². The van der Waals surface area contributed by atoms with E-state index in [4.69, 9.17) is 0 Å². The van der Waals surface area contributed by atoms with Crippen LogP contribution in [0.5, 0.6) is 0 Å². The third-order valence-electron chi connectivity index (χ3n) is 6.61. The molecule has 5 aromatic rings. The van der Waals surface area contributed by atoms with Gasteiger partial charge in [-0.3, -0.25) is 0 Å². The molecular formula is C25H23NS. The summed E-state index contributed by atoms with van der Waals surface area (Å²) in [6.45, 7) is 0. The van der Waals surface area contributed by atoms with Crippen LogP contribution in [0, 0.1) is 0 Å². The minimum Gasteiger partial charge on any atom is -0.344 e. The molecule has 1 fully saturated rings. The Morgan fingerprint density at radius 3 is 2.44 bits per heavy atom. The smallest absolute Gasteiger partial charge is 0.0496 e. The van der Waals surface area contributed by atoms with E-state index in [-0.39, 0.29) is 0 Å². The minimum absolute atomic E-state index is 0.716. The van der Waals surface area contributed by atoms with Crippen LogP contribution in [0.3, 0.4) is 0 Å². The van der Waals surface area contributed by atoms with E-state index in [0.717, 1.165) is 0 Å². The molecule has 1 aliphatic carbocycles. The molecule has 2 heteroatoms. The highest BCUT2D eigenvalue weighted by atomic mass is 32.1. The van der Waals surface area contributed by atoms with Gasteiger partial charge in [-0.25, -0.2) is 0 Å². The second kappa shape index (κ2) is 5.84. The van der Waals surface area contributed by atoms with Crippen molar-refractivity contribution in [3.05, 3.63) is 60.2 Å². The zero-order valence-corrected chi connectivity index (χ0v) is 16.5. The normalized spacial score (nSPS) is 16.2. The van der Waals surface area contributed by atoms with Crippen LogP contribution in [0.1, 0.15) is 43.6 Å². The summed E-state index contributed by atoms with van der Waals surface area (Å²) in [5.41, 5.74) is 4.33. The molecule has 134 valence electrons. The van der Waals surface area contributed by atoms with E-state index in [1.54, 1.807) is 5.56 Å². The number of thiophene rings is 1. The first-order chi connectivity index (χ1) is 13.3. The van der Waals surface area contributed by atoms with Gasteiger partial charge < -0.3 is 4.57 Å². The monoisotopic (exact) mass is 369 g/mol. The summed E-state index contributed by atoms with van der Waals surface area (Å²) >= 11 is 1.93. The SMILES string of the molecule is Cn1c2cccc(C3CCCCC3)c2c2c3c(ccc21)sc1ccccc13. The van der Waals surface area contributed by atoms with Crippen LogP contribution in [0.4, 0.5) is 0 Å². The average molecular weight is 370 g/mol. The Morgan fingerprint density at radius 1 is 0.741 bits per heavy atom. The number of rotatable bonds is 1. The molecule has 1 aliphatic rings. The van der Waals surface area contributed by atoms with Gasteiger partial charge in [-0.2, -0.15) is 0 Å². The van der Waals surface area contributed by atoms with Gasteiger partial charge in [0.2, 0.25) is 0 Å². The Kier molecular flexibility index (Phi) is 3.40. The van der Waals surface area contributed by atoms with Crippen LogP contribution in [0.15, 0.2) is 54.6 Å². The number of hydrogen-bond donors (Lipinski definition) is 0. The van der Waals surface area contributed by atoms with Crippen molar-refractivity contribution in [1.82, 2.24) is 4.57 Å². The summed E-state index contributed by atoms with van der Waals surface area (Å²) in [7, 11) is 2.23. The van der Waals surface area contributed by atoms with Crippen molar-refractivity contribution in [2.24, 2.45) is 7.05 Å². The quantitative estimate of drug-likeness (QED) is 0.285. The van der Waals surface area contributed by atoms with Crippen molar-refractivity contribution in [3.63, 3.8) is 0 Å². The summed E-state index contributed by atoms with van der Waals surface area (Å²) < 4.78 is 5.21. The predicted molar refractivity (Wildman–Crippen MR) is 119 cm³/mol. The molecule has 27 heavy (non-hydrogen) atoms. The number of hydrogen-bond acceptors (Lipinski definition) is 1. The van der Waals surface area contributed by atoms with Crippen LogP contribution in [-0.2, 0) is 7.05 Å². The summed E-state index contributed by atoms with van der Waals surface area (Å²) in [6.07, 6.45) is 6.85. The first-order valence-electron chi connectivity index (χ1n) is 10.1. The molecule has 0 aliphatic heterocycles. The maximum absolute atomic E-state index is 2.41. The largest absolute Gasteiger partial charge is 0.344 e. The molecule has 0 bridgehead atoms. The van der Waals surface area contributed by atoms with Crippen molar-refractivity contribution in [3.8, 4) is 0 Å². The maximum Gasteiger partial charge on any atom is 0.0496 e. The fourth-order valence-electron chi connectivity index (χ4n) is 5.33. The zero-order chi connectivity index (χ0) is 18.0. The highest BCUT2D eigenvalue weighted by Crippen LogP contribution is 2.45. The number of benzene rings is 3. The van der Waals surface area contributed by atoms with Crippen molar-refractivity contribution in [2.45, 2.75) is 38.0 Å². The summed E-state index contributed by atoms with van der Waals surface area (Å²) in [5.74, 6) is 0.716. The third-order valence-corrected chi connectivity index (χ3v) is 7.75. The van der Waals surface area contributed by atoms with Crippen molar-refractivity contribution < 1.29 is 0 Å². The van der Waals surface area contributed by atoms with E-state index in [9.17, 15) is 0 Å². The van der Waals surface area contributed by atoms with E-state index in [2.05, 4.69) is 66.2 Å². The lowest BCUT2D eigenvalue weighted by Gasteiger charge is -2.23. The van der Waals surface area contributed by atoms with Gasteiger partial charge >= 0.3 is 0 Å². The van der Waals surface area contributed by atoms with E-state index >= 15 is 0 Å². The average Bonchev–Trinajstić information content (AvgIpc) is 3.24. The van der Waals surface area contributed by atoms with Gasteiger partial charge in [-0.1, -0.05) is 49.6 Å². The first kappa shape index (κ1) is 15.7. The fraction of sp³-hybridized carbons (Fsp3) is 0.280. The van der Waals surface area contributed by atoms with E-state index < -0.39 is 0 Å². The van der Waals surface area contributed by atoms with Gasteiger partial charge in [0.15, 0.2) is 0 Å². The molecule has 0 spiro atoms. The minimum atomic E-state index is 0.716. The Morgan fingerprint density at radius 2 is 1.56 bits per heavy atom. The second-order valence-corrected chi connectivity index (χ2v) is 9.15. The van der Waals surface area contributed by atoms with Gasteiger partial charge in [-0.15, -0.1) is 11.3 Å². The van der Waals surface area contributed by atoms with Crippen molar-refractivity contribution in [1.29, 1.82) is 0 Å². The lowest BCUT2D eigenvalue weighted by Crippen LogP contribution is -2.04. The molecule has 0 saturated heterocycles. The molecule has 1 nitrogen and oxygen atoms in total. The number of aryl methyl sites for hydroxylation is 1. The first-order valence-corrected chi connectivity index (χ1v) is 11.0. The fourth-order valence-corrected chi connectivity index (χ4v) is 6.44. The number of aromatic nitrogens is 1. The van der Waals surface area contributed by atoms with Gasteiger partial charge in [0.1, 0.15) is 0 Å². The maximum atomic E-state index is 2.41. The molecule has 0 N–H and O–H groups in total. The molecule has 3 aromatic carbocycles. The summed E-state index contributed by atoms with van der Waals surface area (Å²) in [5, 5.41) is 5.86. The molecule has 0 amide bonds. The lowest BCUT2D eigenvalue weighted by atomic mass is 9.82. The summed E-state index contributed by atoms with van der Waals surface area (Å²) in [6, 6.07) is 20.5. The number of nitrogens with zero attached hydrogens (tertiary/aromatic N) is 1. The Hall–Kier alpha value is -2.32. The molecule has 0 radical (unpaired) electrons. The molecule has 0 unspecified atom stereocenters. The molecule has 0 atom stereocenters. The van der Waals surface area contributed by atoms with Crippen LogP contribution >= 0.6 is 11.3 Å². The topological polar surface area (TPSA) is 4.93 Å². The van der Waals surface area contributed by atoms with E-state index in [1.807, 2.05) is 11.3 Å². The molecular weight excluding hydrogens is 346 g/mol. The van der Waals surface area contributed by atoms with Crippen LogP contribution in [0.2, 0.25) is 0 Å². The third kappa shape index (κ3) is 2.17. The van der Waals surface area contributed by atoms with Crippen molar-refractivity contribution >= 4 is 53.3 Å². The zero-order valence-electron chi connectivity index (χ0n) is 15.7. The Bertz CT molecular complexity index is 1310. The van der Waals surface area contributed by atoms with Crippen LogP contribution < -0.4 is 0 Å².